The summed E-state index contributed by atoms with van der Waals surface area (Å²) in [4.78, 5) is 0. The third-order valence-corrected chi connectivity index (χ3v) is 3.91. The number of rotatable bonds is 4. The molecule has 1 aromatic heterocycles. The summed E-state index contributed by atoms with van der Waals surface area (Å²) in [6.45, 7) is 2.94. The lowest BCUT2D eigenvalue weighted by atomic mass is 10.1. The van der Waals surface area contributed by atoms with Gasteiger partial charge in [-0.3, -0.25) is 4.68 Å². The van der Waals surface area contributed by atoms with E-state index in [4.69, 9.17) is 11.6 Å². The van der Waals surface area contributed by atoms with Crippen LogP contribution in [0.5, 0.6) is 0 Å². The average molecular weight is 330 g/mol. The fourth-order valence-electron chi connectivity index (χ4n) is 1.75. The Hall–Kier alpha value is -0.840. The van der Waals surface area contributed by atoms with Gasteiger partial charge < -0.3 is 5.11 Å². The van der Waals surface area contributed by atoms with E-state index in [9.17, 15) is 5.11 Å². The largest absolute Gasteiger partial charge is 0.384 e. The first-order valence-corrected chi connectivity index (χ1v) is 6.94. The van der Waals surface area contributed by atoms with Gasteiger partial charge >= 0.3 is 0 Å². The van der Waals surface area contributed by atoms with Crippen LogP contribution in [0, 0.1) is 0 Å². The van der Waals surface area contributed by atoms with Crippen molar-refractivity contribution in [1.29, 1.82) is 0 Å². The second kappa shape index (κ2) is 5.87. The monoisotopic (exact) mass is 328 g/mol. The number of hydrogen-bond acceptors (Lipinski definition) is 2. The van der Waals surface area contributed by atoms with Gasteiger partial charge in [0.05, 0.1) is 11.2 Å². The Morgan fingerprint density at radius 3 is 2.89 bits per heavy atom. The molecule has 0 saturated heterocycles. The van der Waals surface area contributed by atoms with Crippen LogP contribution in [0.4, 0.5) is 0 Å². The van der Waals surface area contributed by atoms with Gasteiger partial charge in [-0.2, -0.15) is 5.10 Å². The van der Waals surface area contributed by atoms with E-state index in [1.54, 1.807) is 12.3 Å². The molecule has 1 N–H and O–H groups in total. The topological polar surface area (TPSA) is 38.0 Å². The molecule has 0 fully saturated rings. The lowest BCUT2D eigenvalue weighted by Gasteiger charge is -2.09. The van der Waals surface area contributed by atoms with Crippen molar-refractivity contribution in [3.05, 3.63) is 51.2 Å². The normalized spacial score (nSPS) is 12.7. The summed E-state index contributed by atoms with van der Waals surface area (Å²) < 4.78 is 2.65. The molecule has 0 aliphatic rings. The molecule has 2 aromatic rings. The second-order valence-electron chi connectivity index (χ2n) is 4.11. The highest BCUT2D eigenvalue weighted by atomic mass is 79.9. The van der Waals surface area contributed by atoms with Gasteiger partial charge in [-0.05, 0) is 40.0 Å². The van der Waals surface area contributed by atoms with Crippen molar-refractivity contribution in [3.8, 4) is 0 Å². The minimum absolute atomic E-state index is 0.590. The summed E-state index contributed by atoms with van der Waals surface area (Å²) in [5, 5.41) is 15.1. The van der Waals surface area contributed by atoms with Gasteiger partial charge in [0.2, 0.25) is 0 Å². The number of halogens is 2. The van der Waals surface area contributed by atoms with Crippen molar-refractivity contribution < 1.29 is 5.11 Å². The van der Waals surface area contributed by atoms with E-state index in [0.29, 0.717) is 5.02 Å². The molecule has 0 radical (unpaired) electrons. The van der Waals surface area contributed by atoms with Gasteiger partial charge in [0.25, 0.3) is 0 Å². The van der Waals surface area contributed by atoms with E-state index in [1.165, 1.54) is 0 Å². The smallest absolute Gasteiger partial charge is 0.107 e. The number of benzene rings is 1. The van der Waals surface area contributed by atoms with E-state index in [2.05, 4.69) is 28.0 Å². The molecule has 0 saturated carbocycles. The Labute approximate surface area is 120 Å². The molecule has 96 valence electrons. The molecular formula is C13H14BrClN2O. The predicted octanol–water partition coefficient (Wildman–Crippen LogP) is 3.79. The lowest BCUT2D eigenvalue weighted by Crippen LogP contribution is -1.99. The number of aliphatic hydroxyl groups excluding tert-OH is 1. The van der Waals surface area contributed by atoms with Crippen LogP contribution in [0.15, 0.2) is 35.1 Å². The zero-order valence-electron chi connectivity index (χ0n) is 9.98. The van der Waals surface area contributed by atoms with Crippen LogP contribution < -0.4 is 0 Å². The van der Waals surface area contributed by atoms with Crippen LogP contribution in [0.2, 0.25) is 5.02 Å². The summed E-state index contributed by atoms with van der Waals surface area (Å²) in [6, 6.07) is 5.43. The van der Waals surface area contributed by atoms with E-state index in [0.717, 1.165) is 28.6 Å². The standard InChI is InChI=1S/C13H14BrClN2O/c1-2-5-17-8-10(7-16-17)13(18)9-3-4-11(14)12(15)6-9/h3-4,6-8,13,18H,2,5H2,1H3. The van der Waals surface area contributed by atoms with Crippen LogP contribution in [-0.2, 0) is 6.54 Å². The molecule has 1 aromatic carbocycles. The van der Waals surface area contributed by atoms with Crippen LogP contribution >= 0.6 is 27.5 Å². The van der Waals surface area contributed by atoms with Crippen molar-refractivity contribution >= 4 is 27.5 Å². The van der Waals surface area contributed by atoms with Crippen molar-refractivity contribution in [3.63, 3.8) is 0 Å². The Balaban J connectivity index is 2.23. The van der Waals surface area contributed by atoms with Crippen LogP contribution in [0.1, 0.15) is 30.6 Å². The molecule has 0 bridgehead atoms. The number of hydrogen-bond donors (Lipinski definition) is 1. The summed E-state index contributed by atoms with van der Waals surface area (Å²) in [7, 11) is 0. The van der Waals surface area contributed by atoms with Crippen molar-refractivity contribution in [2.75, 3.05) is 0 Å². The van der Waals surface area contributed by atoms with Gasteiger partial charge in [-0.15, -0.1) is 0 Å². The first-order valence-electron chi connectivity index (χ1n) is 5.77. The van der Waals surface area contributed by atoms with E-state index >= 15 is 0 Å². The van der Waals surface area contributed by atoms with Gasteiger partial charge in [0.1, 0.15) is 6.10 Å². The minimum atomic E-state index is -0.693. The van der Waals surface area contributed by atoms with Gasteiger partial charge in [-0.25, -0.2) is 0 Å². The van der Waals surface area contributed by atoms with Crippen LogP contribution in [0.25, 0.3) is 0 Å². The summed E-state index contributed by atoms with van der Waals surface area (Å²) in [5.74, 6) is 0. The number of nitrogens with zero attached hydrogens (tertiary/aromatic N) is 2. The fraction of sp³-hybridized carbons (Fsp3) is 0.308. The molecule has 1 heterocycles. The molecule has 3 nitrogen and oxygen atoms in total. The first-order chi connectivity index (χ1) is 8.61. The Kier molecular flexibility index (Phi) is 4.43. The summed E-state index contributed by atoms with van der Waals surface area (Å²) >= 11 is 9.35. The van der Waals surface area contributed by atoms with Crippen LogP contribution in [-0.4, -0.2) is 14.9 Å². The number of aromatic nitrogens is 2. The lowest BCUT2D eigenvalue weighted by molar-refractivity contribution is 0.220. The van der Waals surface area contributed by atoms with Gasteiger partial charge in [0.15, 0.2) is 0 Å². The Morgan fingerprint density at radius 2 is 2.22 bits per heavy atom. The fourth-order valence-corrected chi connectivity index (χ4v) is 2.18. The Morgan fingerprint density at radius 1 is 1.44 bits per heavy atom. The molecular weight excluding hydrogens is 316 g/mol. The van der Waals surface area contributed by atoms with Crippen molar-refractivity contribution in [2.45, 2.75) is 26.0 Å². The molecule has 1 atom stereocenters. The third-order valence-electron chi connectivity index (χ3n) is 2.68. The molecule has 2 rings (SSSR count). The molecule has 0 aliphatic heterocycles. The zero-order chi connectivity index (χ0) is 13.1. The summed E-state index contributed by atoms with van der Waals surface area (Å²) in [6.07, 6.45) is 3.88. The maximum atomic E-state index is 10.3. The van der Waals surface area contributed by atoms with Crippen molar-refractivity contribution in [1.82, 2.24) is 9.78 Å². The number of aliphatic hydroxyl groups is 1. The predicted molar refractivity (Wildman–Crippen MR) is 75.7 cm³/mol. The SMILES string of the molecule is CCCn1cc(C(O)c2ccc(Br)c(Cl)c2)cn1. The van der Waals surface area contributed by atoms with Crippen molar-refractivity contribution in [2.24, 2.45) is 0 Å². The van der Waals surface area contributed by atoms with E-state index in [1.807, 2.05) is 23.0 Å². The second-order valence-corrected chi connectivity index (χ2v) is 5.37. The molecule has 18 heavy (non-hydrogen) atoms. The summed E-state index contributed by atoms with van der Waals surface area (Å²) in [5.41, 5.74) is 1.54. The molecule has 5 heteroatoms. The van der Waals surface area contributed by atoms with Gasteiger partial charge in [-0.1, -0.05) is 24.6 Å². The van der Waals surface area contributed by atoms with Gasteiger partial charge in [0, 0.05) is 22.8 Å². The highest BCUT2D eigenvalue weighted by Gasteiger charge is 2.13. The molecule has 0 spiro atoms. The highest BCUT2D eigenvalue weighted by molar-refractivity contribution is 9.10. The molecule has 0 amide bonds. The van der Waals surface area contributed by atoms with Crippen LogP contribution in [0.3, 0.4) is 0 Å². The van der Waals surface area contributed by atoms with E-state index in [-0.39, 0.29) is 0 Å². The molecule has 0 aliphatic carbocycles. The maximum Gasteiger partial charge on any atom is 0.107 e. The molecule has 1 unspecified atom stereocenters. The third kappa shape index (κ3) is 2.94. The maximum absolute atomic E-state index is 10.3. The van der Waals surface area contributed by atoms with E-state index < -0.39 is 6.10 Å². The average Bonchev–Trinajstić information content (AvgIpc) is 2.81. The first kappa shape index (κ1) is 13.6. The number of aryl methyl sites for hydroxylation is 1. The quantitative estimate of drug-likeness (QED) is 0.926. The Bertz CT molecular complexity index is 542. The zero-order valence-corrected chi connectivity index (χ0v) is 12.3. The minimum Gasteiger partial charge on any atom is -0.384 e. The highest BCUT2D eigenvalue weighted by Crippen LogP contribution is 2.28.